The highest BCUT2D eigenvalue weighted by molar-refractivity contribution is 5.91. The summed E-state index contributed by atoms with van der Waals surface area (Å²) in [5, 5.41) is 7.18. The fourth-order valence-corrected chi connectivity index (χ4v) is 6.76. The molecule has 1 N–H and O–H groups in total. The molecule has 1 aromatic carbocycles. The lowest BCUT2D eigenvalue weighted by Crippen LogP contribution is -2.66. The van der Waals surface area contributed by atoms with Gasteiger partial charge >= 0.3 is 5.97 Å². The first kappa shape index (κ1) is 25.0. The van der Waals surface area contributed by atoms with Crippen molar-refractivity contribution in [3.8, 4) is 0 Å². The van der Waals surface area contributed by atoms with Crippen molar-refractivity contribution >= 4 is 23.2 Å². The van der Waals surface area contributed by atoms with Gasteiger partial charge < -0.3 is 14.5 Å². The highest BCUT2D eigenvalue weighted by Crippen LogP contribution is 2.38. The van der Waals surface area contributed by atoms with Crippen LogP contribution in [0.2, 0.25) is 0 Å². The van der Waals surface area contributed by atoms with Gasteiger partial charge in [-0.3, -0.25) is 9.69 Å². The molecule has 0 aliphatic carbocycles. The smallest absolute Gasteiger partial charge is 0.331 e. The average Bonchev–Trinajstić information content (AvgIpc) is 3.42. The van der Waals surface area contributed by atoms with E-state index in [0.717, 1.165) is 63.1 Å². The van der Waals surface area contributed by atoms with Crippen LogP contribution >= 0.6 is 0 Å². The zero-order chi connectivity index (χ0) is 26.2. The van der Waals surface area contributed by atoms with Crippen LogP contribution in [0.15, 0.2) is 55.0 Å². The van der Waals surface area contributed by atoms with E-state index in [-0.39, 0.29) is 18.0 Å². The number of nitrogens with one attached hydrogen (secondary N) is 1. The Morgan fingerprint density at radius 1 is 1.08 bits per heavy atom. The first-order valence-electron chi connectivity index (χ1n) is 13.9. The Balaban J connectivity index is 1.16. The Morgan fingerprint density at radius 3 is 2.61 bits per heavy atom. The largest absolute Gasteiger partial charge is 0.454 e. The third-order valence-corrected chi connectivity index (χ3v) is 9.06. The van der Waals surface area contributed by atoms with Crippen LogP contribution in [0, 0.1) is 5.92 Å². The number of anilines is 1. The van der Waals surface area contributed by atoms with Gasteiger partial charge in [-0.25, -0.2) is 14.3 Å². The van der Waals surface area contributed by atoms with Crippen molar-refractivity contribution in [1.82, 2.24) is 19.5 Å². The molecule has 9 nitrogen and oxygen atoms in total. The number of piperidine rings is 4. The second-order valence-electron chi connectivity index (χ2n) is 11.4. The number of rotatable bonds is 7. The van der Waals surface area contributed by atoms with Crippen molar-refractivity contribution in [3.63, 3.8) is 0 Å². The van der Waals surface area contributed by atoms with Crippen molar-refractivity contribution < 1.29 is 18.8 Å². The van der Waals surface area contributed by atoms with Crippen LogP contribution in [0.25, 0.3) is 5.65 Å². The molecular weight excluding hydrogens is 480 g/mol. The Morgan fingerprint density at radius 2 is 1.84 bits per heavy atom. The van der Waals surface area contributed by atoms with Crippen molar-refractivity contribution in [3.05, 3.63) is 60.6 Å². The van der Waals surface area contributed by atoms with Crippen LogP contribution in [-0.2, 0) is 19.9 Å². The van der Waals surface area contributed by atoms with Gasteiger partial charge in [-0.15, -0.1) is 0 Å². The summed E-state index contributed by atoms with van der Waals surface area (Å²) in [5.41, 5.74) is 1.61. The summed E-state index contributed by atoms with van der Waals surface area (Å²) >= 11 is 0. The van der Waals surface area contributed by atoms with Gasteiger partial charge in [0.25, 0.3) is 5.91 Å². The number of nitrogens with zero attached hydrogens (tertiary/aromatic N) is 5. The number of fused-ring (bicyclic) bond motifs is 4. The molecule has 4 fully saturated rings. The minimum Gasteiger partial charge on any atom is -0.454 e. The fourth-order valence-electron chi connectivity index (χ4n) is 6.76. The topological polar surface area (TPSA) is 88.8 Å². The molecule has 2 aromatic heterocycles. The van der Waals surface area contributed by atoms with E-state index < -0.39 is 5.54 Å². The summed E-state index contributed by atoms with van der Waals surface area (Å²) in [4.78, 5) is 33.6. The van der Waals surface area contributed by atoms with Crippen LogP contribution in [0.5, 0.6) is 0 Å². The number of carbonyl (C=O) groups excluding carboxylic acids is 2. The lowest BCUT2D eigenvalue weighted by molar-refractivity contribution is -0.939. The van der Waals surface area contributed by atoms with E-state index in [1.165, 1.54) is 12.7 Å². The van der Waals surface area contributed by atoms with E-state index in [4.69, 9.17) is 4.74 Å². The molecule has 2 bridgehead atoms. The van der Waals surface area contributed by atoms with Crippen molar-refractivity contribution in [2.24, 2.45) is 5.92 Å². The lowest BCUT2D eigenvalue weighted by Gasteiger charge is -2.52. The van der Waals surface area contributed by atoms with Gasteiger partial charge in [-0.1, -0.05) is 36.8 Å². The summed E-state index contributed by atoms with van der Waals surface area (Å²) in [6.07, 6.45) is 8.45. The predicted octanol–water partition coefficient (Wildman–Crippen LogP) is 3.22. The zero-order valence-corrected chi connectivity index (χ0v) is 22.1. The van der Waals surface area contributed by atoms with E-state index in [9.17, 15) is 9.59 Å². The molecular formula is C29H37N6O3+. The Kier molecular flexibility index (Phi) is 6.65. The highest BCUT2D eigenvalue weighted by atomic mass is 16.5. The fraction of sp³-hybridized carbons (Fsp3) is 0.517. The van der Waals surface area contributed by atoms with Crippen molar-refractivity contribution in [2.45, 2.75) is 50.7 Å². The number of hydrogen-bond donors (Lipinski definition) is 1. The van der Waals surface area contributed by atoms with Gasteiger partial charge in [0, 0.05) is 18.8 Å². The molecule has 38 heavy (non-hydrogen) atoms. The number of likely N-dealkylation sites (tertiary alicyclic amines) is 1. The normalized spacial score (nSPS) is 27.1. The van der Waals surface area contributed by atoms with Gasteiger partial charge in [0.1, 0.15) is 18.4 Å². The standard InChI is InChI=1S/C29H36N6O3/c1-29(23-8-4-2-5-9-23,33-14-6-3-7-15-33)28(37)38-25-19-35(16-12-22(25)13-17-35)20-27(36)32-24-10-11-26-30-21-31-34(26)18-24/h2,4-5,8-11,18,21-22,25H,3,6-7,12-17,19-20H2,1H3/p+1/t22?,25-,29-,35?/m0/s1. The van der Waals surface area contributed by atoms with E-state index in [1.807, 2.05) is 49.4 Å². The second kappa shape index (κ2) is 10.1. The maximum atomic E-state index is 14.0. The van der Waals surface area contributed by atoms with Crippen LogP contribution in [0.4, 0.5) is 5.69 Å². The summed E-state index contributed by atoms with van der Waals surface area (Å²) in [5.74, 6) is 0.170. The number of esters is 1. The molecule has 0 spiro atoms. The molecule has 4 saturated heterocycles. The van der Waals surface area contributed by atoms with Gasteiger partial charge in [0.15, 0.2) is 18.3 Å². The monoisotopic (exact) mass is 517 g/mol. The van der Waals surface area contributed by atoms with Crippen LogP contribution < -0.4 is 5.32 Å². The van der Waals surface area contributed by atoms with Crippen molar-refractivity contribution in [1.29, 1.82) is 0 Å². The van der Waals surface area contributed by atoms with E-state index in [1.54, 1.807) is 10.7 Å². The molecule has 4 aliphatic heterocycles. The zero-order valence-electron chi connectivity index (χ0n) is 22.1. The maximum absolute atomic E-state index is 14.0. The Bertz CT molecular complexity index is 1300. The van der Waals surface area contributed by atoms with Crippen LogP contribution in [-0.4, -0.2) is 81.2 Å². The molecule has 7 rings (SSSR count). The van der Waals surface area contributed by atoms with E-state index >= 15 is 0 Å². The van der Waals surface area contributed by atoms with Gasteiger partial charge in [0.2, 0.25) is 0 Å². The quantitative estimate of drug-likeness (QED) is 0.383. The molecule has 2 atom stereocenters. The lowest BCUT2D eigenvalue weighted by atomic mass is 9.82. The number of aromatic nitrogens is 3. The summed E-state index contributed by atoms with van der Waals surface area (Å²) in [6.45, 7) is 6.77. The van der Waals surface area contributed by atoms with Gasteiger partial charge in [-0.2, -0.15) is 5.10 Å². The summed E-state index contributed by atoms with van der Waals surface area (Å²) in [6, 6.07) is 13.8. The van der Waals surface area contributed by atoms with E-state index in [2.05, 4.69) is 20.3 Å². The van der Waals surface area contributed by atoms with Gasteiger partial charge in [0.05, 0.1) is 25.0 Å². The first-order valence-corrected chi connectivity index (χ1v) is 13.9. The maximum Gasteiger partial charge on any atom is 0.331 e. The second-order valence-corrected chi connectivity index (χ2v) is 11.4. The summed E-state index contributed by atoms with van der Waals surface area (Å²) < 4.78 is 8.73. The molecule has 9 heteroatoms. The minimum atomic E-state index is -0.810. The molecule has 4 aliphatic rings. The number of carbonyl (C=O) groups is 2. The molecule has 1 amide bonds. The van der Waals surface area contributed by atoms with Crippen molar-refractivity contribution in [2.75, 3.05) is 44.6 Å². The average molecular weight is 518 g/mol. The number of benzene rings is 1. The molecule has 3 aromatic rings. The number of pyridine rings is 1. The SMILES string of the molecule is C[C@@](C(=O)O[C@H]1C[N+]2(CC(=O)Nc3ccc4ncnn4c3)CCC1CC2)(c1ccccc1)N1CCCCC1. The van der Waals surface area contributed by atoms with Crippen LogP contribution in [0.3, 0.4) is 0 Å². The third-order valence-electron chi connectivity index (χ3n) is 9.06. The molecule has 200 valence electrons. The third kappa shape index (κ3) is 4.69. The number of quaternary nitrogens is 1. The molecule has 0 unspecified atom stereocenters. The Labute approximate surface area is 223 Å². The number of amides is 1. The number of hydrogen-bond acceptors (Lipinski definition) is 6. The minimum absolute atomic E-state index is 0.0302. The highest BCUT2D eigenvalue weighted by Gasteiger charge is 2.51. The van der Waals surface area contributed by atoms with E-state index in [0.29, 0.717) is 29.2 Å². The van der Waals surface area contributed by atoms with Gasteiger partial charge in [-0.05, 0) is 50.6 Å². The predicted molar refractivity (Wildman–Crippen MR) is 143 cm³/mol. The summed E-state index contributed by atoms with van der Waals surface area (Å²) in [7, 11) is 0. The molecule has 0 radical (unpaired) electrons. The molecule has 0 saturated carbocycles. The van der Waals surface area contributed by atoms with Crippen LogP contribution in [0.1, 0.15) is 44.6 Å². The first-order chi connectivity index (χ1) is 18.5. The number of ether oxygens (including phenoxy) is 1. The molecule has 6 heterocycles. The Hall–Kier alpha value is -3.30.